The number of hydrogen-bond donors (Lipinski definition) is 1. The van der Waals surface area contributed by atoms with Crippen LogP contribution >= 0.6 is 0 Å². The molecule has 24 heavy (non-hydrogen) atoms. The van der Waals surface area contributed by atoms with E-state index in [9.17, 15) is 9.59 Å². The monoisotopic (exact) mass is 331 g/mol. The molecule has 1 fully saturated rings. The summed E-state index contributed by atoms with van der Waals surface area (Å²) in [6.45, 7) is 1.94. The Labute approximate surface area is 145 Å². The predicted molar refractivity (Wildman–Crippen MR) is 95.7 cm³/mol. The Bertz CT molecular complexity index is 531. The van der Waals surface area contributed by atoms with Crippen LogP contribution in [0.2, 0.25) is 0 Å². The van der Waals surface area contributed by atoms with Crippen LogP contribution < -0.4 is 5.32 Å². The lowest BCUT2D eigenvalue weighted by molar-refractivity contribution is -0.131. The lowest BCUT2D eigenvalue weighted by Crippen LogP contribution is -2.47. The molecule has 0 spiro atoms. The fourth-order valence-electron chi connectivity index (χ4n) is 3.05. The van der Waals surface area contributed by atoms with Crippen molar-refractivity contribution in [2.75, 3.05) is 33.7 Å². The number of benzene rings is 1. The molecule has 5 heteroatoms. The Balaban J connectivity index is 1.83. The molecule has 1 heterocycles. The van der Waals surface area contributed by atoms with Crippen molar-refractivity contribution in [3.05, 3.63) is 35.9 Å². The van der Waals surface area contributed by atoms with Crippen LogP contribution in [0.1, 0.15) is 31.2 Å². The van der Waals surface area contributed by atoms with Crippen molar-refractivity contribution in [2.24, 2.45) is 0 Å². The fourth-order valence-corrected chi connectivity index (χ4v) is 3.05. The number of likely N-dealkylation sites (N-methyl/N-ethyl adjacent to an activating group) is 1. The smallest absolute Gasteiger partial charge is 0.237 e. The van der Waals surface area contributed by atoms with E-state index in [1.165, 1.54) is 0 Å². The Morgan fingerprint density at radius 2 is 1.96 bits per heavy atom. The summed E-state index contributed by atoms with van der Waals surface area (Å²) in [5, 5.41) is 3.00. The lowest BCUT2D eigenvalue weighted by Gasteiger charge is -2.25. The molecule has 2 amide bonds. The summed E-state index contributed by atoms with van der Waals surface area (Å²) in [4.78, 5) is 28.3. The van der Waals surface area contributed by atoms with E-state index in [-0.39, 0.29) is 17.9 Å². The fraction of sp³-hybridized carbons (Fsp3) is 0.579. The Morgan fingerprint density at radius 1 is 1.21 bits per heavy atom. The summed E-state index contributed by atoms with van der Waals surface area (Å²) >= 11 is 0. The van der Waals surface area contributed by atoms with Gasteiger partial charge in [0.05, 0.1) is 6.04 Å². The van der Waals surface area contributed by atoms with E-state index in [0.717, 1.165) is 31.4 Å². The van der Waals surface area contributed by atoms with Gasteiger partial charge in [0.1, 0.15) is 0 Å². The number of amides is 2. The second-order valence-electron chi connectivity index (χ2n) is 6.65. The summed E-state index contributed by atoms with van der Waals surface area (Å²) in [5.74, 6) is 0.237. The minimum Gasteiger partial charge on any atom is -0.353 e. The van der Waals surface area contributed by atoms with Crippen LogP contribution in [0.15, 0.2) is 30.3 Å². The highest BCUT2D eigenvalue weighted by atomic mass is 16.2. The van der Waals surface area contributed by atoms with E-state index in [2.05, 4.69) is 5.32 Å². The normalized spacial score (nSPS) is 16.8. The molecule has 0 radical (unpaired) electrons. The van der Waals surface area contributed by atoms with Gasteiger partial charge in [-0.2, -0.15) is 0 Å². The molecule has 1 aliphatic heterocycles. The topological polar surface area (TPSA) is 52.7 Å². The Morgan fingerprint density at radius 3 is 2.67 bits per heavy atom. The van der Waals surface area contributed by atoms with E-state index in [1.807, 2.05) is 54.2 Å². The van der Waals surface area contributed by atoms with Gasteiger partial charge < -0.3 is 10.2 Å². The van der Waals surface area contributed by atoms with Gasteiger partial charge in [0, 0.05) is 26.1 Å². The number of hydrogen-bond acceptors (Lipinski definition) is 3. The molecule has 2 rings (SSSR count). The molecule has 0 aromatic heterocycles. The molecule has 1 saturated heterocycles. The maximum absolute atomic E-state index is 12.5. The van der Waals surface area contributed by atoms with Gasteiger partial charge >= 0.3 is 0 Å². The van der Waals surface area contributed by atoms with Crippen LogP contribution in [0.25, 0.3) is 0 Å². The van der Waals surface area contributed by atoms with Crippen molar-refractivity contribution in [3.63, 3.8) is 0 Å². The molecule has 1 aliphatic rings. The van der Waals surface area contributed by atoms with Gasteiger partial charge in [-0.3, -0.25) is 14.5 Å². The molecule has 1 N–H and O–H groups in total. The van der Waals surface area contributed by atoms with Crippen molar-refractivity contribution in [1.29, 1.82) is 0 Å². The summed E-state index contributed by atoms with van der Waals surface area (Å²) in [6.07, 6.45) is 4.49. The first-order valence-corrected chi connectivity index (χ1v) is 8.84. The third-order valence-electron chi connectivity index (χ3n) is 4.55. The number of carbonyl (C=O) groups is 2. The minimum atomic E-state index is -0.202. The molecule has 132 valence electrons. The SMILES string of the molecule is CN(C)[C@H](Cc1ccccc1)C(=O)NCCN1CCCCCC1=O. The summed E-state index contributed by atoms with van der Waals surface area (Å²) in [6, 6.07) is 9.84. The van der Waals surface area contributed by atoms with Crippen LogP contribution in [0, 0.1) is 0 Å². The number of nitrogens with one attached hydrogen (secondary N) is 1. The molecule has 5 nitrogen and oxygen atoms in total. The second-order valence-corrected chi connectivity index (χ2v) is 6.65. The van der Waals surface area contributed by atoms with Gasteiger partial charge in [-0.25, -0.2) is 0 Å². The van der Waals surface area contributed by atoms with Crippen LogP contribution in [0.4, 0.5) is 0 Å². The van der Waals surface area contributed by atoms with E-state index in [1.54, 1.807) is 0 Å². The van der Waals surface area contributed by atoms with Crippen LogP contribution in [0.5, 0.6) is 0 Å². The van der Waals surface area contributed by atoms with Crippen LogP contribution in [-0.4, -0.2) is 61.4 Å². The number of carbonyl (C=O) groups excluding carboxylic acids is 2. The van der Waals surface area contributed by atoms with Gasteiger partial charge in [0.15, 0.2) is 0 Å². The van der Waals surface area contributed by atoms with Gasteiger partial charge in [0.25, 0.3) is 0 Å². The average Bonchev–Trinajstić information content (AvgIpc) is 2.78. The van der Waals surface area contributed by atoms with Crippen LogP contribution in [0.3, 0.4) is 0 Å². The molecule has 1 aromatic rings. The number of likely N-dealkylation sites (tertiary alicyclic amines) is 1. The van der Waals surface area contributed by atoms with Crippen molar-refractivity contribution >= 4 is 11.8 Å². The van der Waals surface area contributed by atoms with Crippen LogP contribution in [-0.2, 0) is 16.0 Å². The molecule has 0 aliphatic carbocycles. The first kappa shape index (κ1) is 18.5. The molecule has 1 atom stereocenters. The zero-order chi connectivity index (χ0) is 17.4. The zero-order valence-electron chi connectivity index (χ0n) is 14.8. The lowest BCUT2D eigenvalue weighted by atomic mass is 10.0. The van der Waals surface area contributed by atoms with E-state index in [4.69, 9.17) is 0 Å². The number of nitrogens with zero attached hydrogens (tertiary/aromatic N) is 2. The van der Waals surface area contributed by atoms with Crippen molar-refractivity contribution in [3.8, 4) is 0 Å². The van der Waals surface area contributed by atoms with Gasteiger partial charge in [-0.15, -0.1) is 0 Å². The predicted octanol–water partition coefficient (Wildman–Crippen LogP) is 1.68. The second kappa shape index (κ2) is 9.42. The maximum atomic E-state index is 12.5. The van der Waals surface area contributed by atoms with Crippen molar-refractivity contribution in [2.45, 2.75) is 38.1 Å². The van der Waals surface area contributed by atoms with E-state index >= 15 is 0 Å². The first-order valence-electron chi connectivity index (χ1n) is 8.84. The van der Waals surface area contributed by atoms with E-state index in [0.29, 0.717) is 25.9 Å². The third kappa shape index (κ3) is 5.64. The molecular formula is C19H29N3O2. The molecule has 0 saturated carbocycles. The van der Waals surface area contributed by atoms with Crippen molar-refractivity contribution in [1.82, 2.24) is 15.1 Å². The van der Waals surface area contributed by atoms with Gasteiger partial charge in [-0.05, 0) is 38.9 Å². The minimum absolute atomic E-state index is 0.0196. The summed E-state index contributed by atoms with van der Waals surface area (Å²) in [7, 11) is 3.84. The molecular weight excluding hydrogens is 302 g/mol. The molecule has 0 bridgehead atoms. The average molecular weight is 331 g/mol. The quantitative estimate of drug-likeness (QED) is 0.827. The summed E-state index contributed by atoms with van der Waals surface area (Å²) in [5.41, 5.74) is 1.15. The largest absolute Gasteiger partial charge is 0.353 e. The standard InChI is InChI=1S/C19H29N3O2/c1-21(2)17(15-16-9-5-3-6-10-16)19(24)20-12-14-22-13-8-4-7-11-18(22)23/h3,5-6,9-10,17H,4,7-8,11-15H2,1-2H3,(H,20,24)/t17-/m1/s1. The highest BCUT2D eigenvalue weighted by molar-refractivity contribution is 5.82. The summed E-state index contributed by atoms with van der Waals surface area (Å²) < 4.78 is 0. The highest BCUT2D eigenvalue weighted by Gasteiger charge is 2.22. The Hall–Kier alpha value is -1.88. The Kier molecular flexibility index (Phi) is 7.25. The molecule has 0 unspecified atom stereocenters. The zero-order valence-corrected chi connectivity index (χ0v) is 14.8. The third-order valence-corrected chi connectivity index (χ3v) is 4.55. The van der Waals surface area contributed by atoms with E-state index < -0.39 is 0 Å². The van der Waals surface area contributed by atoms with Crippen molar-refractivity contribution < 1.29 is 9.59 Å². The number of rotatable bonds is 7. The van der Waals surface area contributed by atoms with Gasteiger partial charge in [-0.1, -0.05) is 36.8 Å². The maximum Gasteiger partial charge on any atom is 0.237 e. The molecule has 1 aromatic carbocycles. The first-order chi connectivity index (χ1) is 11.6. The highest BCUT2D eigenvalue weighted by Crippen LogP contribution is 2.10. The van der Waals surface area contributed by atoms with Gasteiger partial charge in [0.2, 0.25) is 11.8 Å².